The highest BCUT2D eigenvalue weighted by molar-refractivity contribution is 5.91. The van der Waals surface area contributed by atoms with E-state index < -0.39 is 0 Å². The van der Waals surface area contributed by atoms with Crippen molar-refractivity contribution in [3.05, 3.63) is 5.82 Å². The third kappa shape index (κ3) is 2.94. The number of aryl methyl sites for hydroxylation is 1. The summed E-state index contributed by atoms with van der Waals surface area (Å²) < 4.78 is 7.51. The zero-order valence-electron chi connectivity index (χ0n) is 12.0. The van der Waals surface area contributed by atoms with E-state index >= 15 is 0 Å². The van der Waals surface area contributed by atoms with Gasteiger partial charge in [-0.3, -0.25) is 10.1 Å². The molecule has 1 saturated heterocycles. The fourth-order valence-electron chi connectivity index (χ4n) is 2.46. The molecule has 0 bridgehead atoms. The van der Waals surface area contributed by atoms with Crippen molar-refractivity contribution in [3.63, 3.8) is 0 Å². The first-order valence-electron chi connectivity index (χ1n) is 6.79. The quantitative estimate of drug-likeness (QED) is 0.900. The Morgan fingerprint density at radius 1 is 1.47 bits per heavy atom. The molecule has 0 saturated carbocycles. The second-order valence-electron chi connectivity index (χ2n) is 5.45. The van der Waals surface area contributed by atoms with Crippen LogP contribution in [0.5, 0.6) is 0 Å². The topological polar surface area (TPSA) is 69.0 Å². The Hall–Kier alpha value is -1.43. The van der Waals surface area contributed by atoms with E-state index in [0.717, 1.165) is 25.3 Å². The summed E-state index contributed by atoms with van der Waals surface area (Å²) in [5.74, 6) is 1.48. The zero-order valence-corrected chi connectivity index (χ0v) is 12.0. The molecule has 1 N–H and O–H groups in total. The Bertz CT molecular complexity index is 455. The maximum atomic E-state index is 12.4. The van der Waals surface area contributed by atoms with Crippen molar-refractivity contribution in [3.8, 4) is 0 Å². The average Bonchev–Trinajstić information content (AvgIpc) is 2.70. The van der Waals surface area contributed by atoms with Gasteiger partial charge in [0.15, 0.2) is 0 Å². The third-order valence-corrected chi connectivity index (χ3v) is 3.69. The van der Waals surface area contributed by atoms with Gasteiger partial charge in [0, 0.05) is 13.7 Å². The van der Waals surface area contributed by atoms with Crippen LogP contribution in [0.1, 0.15) is 32.5 Å². The lowest BCUT2D eigenvalue weighted by Crippen LogP contribution is -2.41. The second-order valence-corrected chi connectivity index (χ2v) is 5.45. The molecule has 1 aromatic heterocycles. The minimum atomic E-state index is -0.106. The molecule has 1 fully saturated rings. The van der Waals surface area contributed by atoms with Crippen molar-refractivity contribution >= 4 is 11.9 Å². The van der Waals surface area contributed by atoms with Gasteiger partial charge in [-0.1, -0.05) is 13.8 Å². The standard InChI is InChI=1S/C13H22N4O2/c1-8(2)11-10(6-5-7-19-11)12(18)14-13-16-15-9(3)17(13)4/h8,10-11H,5-7H2,1-4H3,(H,14,16,18)/t10-,11-/m1/s1. The van der Waals surface area contributed by atoms with E-state index in [4.69, 9.17) is 4.74 Å². The summed E-state index contributed by atoms with van der Waals surface area (Å²) in [7, 11) is 1.84. The molecule has 0 aromatic carbocycles. The van der Waals surface area contributed by atoms with Crippen LogP contribution in [-0.2, 0) is 16.6 Å². The van der Waals surface area contributed by atoms with E-state index in [9.17, 15) is 4.79 Å². The van der Waals surface area contributed by atoms with Crippen molar-refractivity contribution < 1.29 is 9.53 Å². The van der Waals surface area contributed by atoms with Crippen LogP contribution in [0.25, 0.3) is 0 Å². The maximum Gasteiger partial charge on any atom is 0.232 e. The molecule has 6 heteroatoms. The Kier molecular flexibility index (Phi) is 4.19. The van der Waals surface area contributed by atoms with Crippen LogP contribution in [0.15, 0.2) is 0 Å². The average molecular weight is 266 g/mol. The third-order valence-electron chi connectivity index (χ3n) is 3.69. The molecule has 0 radical (unpaired) electrons. The van der Waals surface area contributed by atoms with Crippen LogP contribution in [0.4, 0.5) is 5.95 Å². The molecular weight excluding hydrogens is 244 g/mol. The van der Waals surface area contributed by atoms with Gasteiger partial charge >= 0.3 is 0 Å². The summed E-state index contributed by atoms with van der Waals surface area (Å²) in [6, 6.07) is 0. The summed E-state index contributed by atoms with van der Waals surface area (Å²) in [5, 5.41) is 10.8. The molecule has 106 valence electrons. The normalized spacial score (nSPS) is 23.6. The lowest BCUT2D eigenvalue weighted by molar-refractivity contribution is -0.131. The highest BCUT2D eigenvalue weighted by atomic mass is 16.5. The highest BCUT2D eigenvalue weighted by Gasteiger charge is 2.34. The maximum absolute atomic E-state index is 12.4. The Morgan fingerprint density at radius 2 is 2.21 bits per heavy atom. The number of aromatic nitrogens is 3. The first-order valence-corrected chi connectivity index (χ1v) is 6.79. The van der Waals surface area contributed by atoms with Crippen molar-refractivity contribution in [2.75, 3.05) is 11.9 Å². The smallest absolute Gasteiger partial charge is 0.232 e. The molecule has 2 rings (SSSR count). The number of hydrogen-bond acceptors (Lipinski definition) is 4. The summed E-state index contributed by atoms with van der Waals surface area (Å²) in [4.78, 5) is 12.4. The van der Waals surface area contributed by atoms with Gasteiger partial charge in [0.05, 0.1) is 12.0 Å². The molecule has 0 unspecified atom stereocenters. The number of nitrogens with zero attached hydrogens (tertiary/aromatic N) is 3. The van der Waals surface area contributed by atoms with Crippen LogP contribution in [0.3, 0.4) is 0 Å². The molecule has 0 spiro atoms. The van der Waals surface area contributed by atoms with Crippen LogP contribution in [-0.4, -0.2) is 33.4 Å². The first-order chi connectivity index (χ1) is 9.00. The van der Waals surface area contributed by atoms with Crippen molar-refractivity contribution in [1.29, 1.82) is 0 Å². The summed E-state index contributed by atoms with van der Waals surface area (Å²) in [5.41, 5.74) is 0. The summed E-state index contributed by atoms with van der Waals surface area (Å²) in [6.45, 7) is 6.77. The molecule has 0 aliphatic carbocycles. The molecule has 1 aliphatic rings. The van der Waals surface area contributed by atoms with Crippen LogP contribution < -0.4 is 5.32 Å². The van der Waals surface area contributed by atoms with Crippen molar-refractivity contribution in [2.24, 2.45) is 18.9 Å². The summed E-state index contributed by atoms with van der Waals surface area (Å²) >= 11 is 0. The Morgan fingerprint density at radius 3 is 2.79 bits per heavy atom. The Labute approximate surface area is 113 Å². The monoisotopic (exact) mass is 266 g/mol. The zero-order chi connectivity index (χ0) is 14.0. The minimum absolute atomic E-state index is 0.0110. The van der Waals surface area contributed by atoms with Crippen LogP contribution >= 0.6 is 0 Å². The van der Waals surface area contributed by atoms with Crippen molar-refractivity contribution in [2.45, 2.75) is 39.7 Å². The van der Waals surface area contributed by atoms with Crippen LogP contribution in [0, 0.1) is 18.8 Å². The van der Waals surface area contributed by atoms with E-state index in [0.29, 0.717) is 11.9 Å². The number of hydrogen-bond donors (Lipinski definition) is 1. The number of nitrogens with one attached hydrogen (secondary N) is 1. The number of carbonyl (C=O) groups excluding carboxylic acids is 1. The molecule has 1 amide bonds. The van der Waals surface area contributed by atoms with E-state index in [1.807, 2.05) is 14.0 Å². The lowest BCUT2D eigenvalue weighted by Gasteiger charge is -2.33. The largest absolute Gasteiger partial charge is 0.377 e. The second kappa shape index (κ2) is 5.69. The number of rotatable bonds is 3. The van der Waals surface area contributed by atoms with Gasteiger partial charge < -0.3 is 9.30 Å². The fraction of sp³-hybridized carbons (Fsp3) is 0.769. The molecule has 19 heavy (non-hydrogen) atoms. The highest BCUT2D eigenvalue weighted by Crippen LogP contribution is 2.27. The number of ether oxygens (including phenoxy) is 1. The molecule has 1 aromatic rings. The van der Waals surface area contributed by atoms with Gasteiger partial charge in [0.2, 0.25) is 11.9 Å². The Balaban J connectivity index is 2.07. The van der Waals surface area contributed by atoms with Gasteiger partial charge in [0.1, 0.15) is 5.82 Å². The molecule has 6 nitrogen and oxygen atoms in total. The van der Waals surface area contributed by atoms with E-state index in [1.165, 1.54) is 0 Å². The lowest BCUT2D eigenvalue weighted by atomic mass is 9.87. The van der Waals surface area contributed by atoms with Crippen molar-refractivity contribution in [1.82, 2.24) is 14.8 Å². The predicted molar refractivity (Wildman–Crippen MR) is 71.7 cm³/mol. The van der Waals surface area contributed by atoms with Gasteiger partial charge in [-0.25, -0.2) is 0 Å². The number of anilines is 1. The van der Waals surface area contributed by atoms with E-state index in [-0.39, 0.29) is 17.9 Å². The first kappa shape index (κ1) is 14.0. The summed E-state index contributed by atoms with van der Waals surface area (Å²) in [6.07, 6.45) is 1.79. The molecular formula is C13H22N4O2. The van der Waals surface area contributed by atoms with Gasteiger partial charge in [-0.15, -0.1) is 10.2 Å². The van der Waals surface area contributed by atoms with Gasteiger partial charge in [-0.2, -0.15) is 0 Å². The SMILES string of the molecule is Cc1nnc(NC(=O)[C@@H]2CCCO[C@@H]2C(C)C)n1C. The number of carbonyl (C=O) groups is 1. The molecule has 2 atom stereocenters. The van der Waals surface area contributed by atoms with Crippen LogP contribution in [0.2, 0.25) is 0 Å². The number of amides is 1. The molecule has 2 heterocycles. The van der Waals surface area contributed by atoms with Gasteiger partial charge in [-0.05, 0) is 25.7 Å². The molecule has 1 aliphatic heterocycles. The fourth-order valence-corrected chi connectivity index (χ4v) is 2.46. The minimum Gasteiger partial charge on any atom is -0.377 e. The predicted octanol–water partition coefficient (Wildman–Crippen LogP) is 1.51. The van der Waals surface area contributed by atoms with E-state index in [2.05, 4.69) is 29.4 Å². The van der Waals surface area contributed by atoms with Gasteiger partial charge in [0.25, 0.3) is 0 Å². The van der Waals surface area contributed by atoms with E-state index in [1.54, 1.807) is 4.57 Å².